The van der Waals surface area contributed by atoms with Crippen molar-refractivity contribution in [3.63, 3.8) is 0 Å². The van der Waals surface area contributed by atoms with Crippen LogP contribution in [-0.4, -0.2) is 44.6 Å². The van der Waals surface area contributed by atoms with Gasteiger partial charge in [0.2, 0.25) is 0 Å². The van der Waals surface area contributed by atoms with Crippen molar-refractivity contribution in [2.24, 2.45) is 5.92 Å². The van der Waals surface area contributed by atoms with Gasteiger partial charge in [-0.3, -0.25) is 0 Å². The molecule has 0 aromatic heterocycles. The first-order valence-corrected chi connectivity index (χ1v) is 7.69. The van der Waals surface area contributed by atoms with Crippen LogP contribution >= 0.6 is 0 Å². The number of aliphatic hydroxyl groups is 1. The third-order valence-electron chi connectivity index (χ3n) is 2.71. The molecule has 0 radical (unpaired) electrons. The van der Waals surface area contributed by atoms with E-state index in [1.54, 1.807) is 7.05 Å². The number of hydrogen-bond acceptors (Lipinski definition) is 3. The lowest BCUT2D eigenvalue weighted by Crippen LogP contribution is -2.39. The molecular weight excluding hydrogens is 240 g/mol. The number of aliphatic hydroxyl groups excluding tert-OH is 1. The Morgan fingerprint density at radius 3 is 2.53 bits per heavy atom. The Morgan fingerprint density at radius 1 is 1.35 bits per heavy atom. The topological polar surface area (TPSA) is 69.6 Å². The Kier molecular flexibility index (Phi) is 8.77. The molecular formula is C11H26N2O3S. The van der Waals surface area contributed by atoms with E-state index in [9.17, 15) is 8.42 Å². The van der Waals surface area contributed by atoms with Gasteiger partial charge < -0.3 is 5.11 Å². The molecule has 6 heteroatoms. The maximum atomic E-state index is 11.7. The zero-order valence-corrected chi connectivity index (χ0v) is 12.0. The smallest absolute Gasteiger partial charge is 0.279 e. The lowest BCUT2D eigenvalue weighted by molar-refractivity contribution is 0.228. The van der Waals surface area contributed by atoms with Crippen molar-refractivity contribution >= 4 is 10.2 Å². The highest BCUT2D eigenvalue weighted by molar-refractivity contribution is 7.87. The maximum absolute atomic E-state index is 11.7. The standard InChI is InChI=1S/C11H26N2O3S/c1-4-5-9-13(3)17(15,16)12-8-6-7-11(2)10-14/h11-12,14H,4-10H2,1-3H3. The van der Waals surface area contributed by atoms with Crippen LogP contribution in [0.2, 0.25) is 0 Å². The van der Waals surface area contributed by atoms with Crippen molar-refractivity contribution < 1.29 is 13.5 Å². The maximum Gasteiger partial charge on any atom is 0.279 e. The average Bonchev–Trinajstić information content (AvgIpc) is 2.31. The molecule has 0 saturated carbocycles. The van der Waals surface area contributed by atoms with Gasteiger partial charge in [0.25, 0.3) is 10.2 Å². The lowest BCUT2D eigenvalue weighted by atomic mass is 10.1. The molecule has 104 valence electrons. The van der Waals surface area contributed by atoms with Crippen molar-refractivity contribution in [1.82, 2.24) is 9.03 Å². The van der Waals surface area contributed by atoms with Gasteiger partial charge in [0.15, 0.2) is 0 Å². The SMILES string of the molecule is CCCCN(C)S(=O)(=O)NCCCC(C)CO. The first-order valence-electron chi connectivity index (χ1n) is 6.25. The van der Waals surface area contributed by atoms with Crippen LogP contribution in [0.1, 0.15) is 39.5 Å². The Labute approximate surface area is 105 Å². The average molecular weight is 266 g/mol. The Bertz CT molecular complexity index is 280. The molecule has 1 unspecified atom stereocenters. The molecule has 0 aliphatic heterocycles. The highest BCUT2D eigenvalue weighted by Crippen LogP contribution is 2.04. The second kappa shape index (κ2) is 8.85. The van der Waals surface area contributed by atoms with Crippen LogP contribution in [0.15, 0.2) is 0 Å². The van der Waals surface area contributed by atoms with Crippen LogP contribution < -0.4 is 4.72 Å². The van der Waals surface area contributed by atoms with E-state index in [0.29, 0.717) is 13.1 Å². The largest absolute Gasteiger partial charge is 0.396 e. The Hall–Kier alpha value is -0.170. The summed E-state index contributed by atoms with van der Waals surface area (Å²) in [7, 11) is -1.72. The number of nitrogens with one attached hydrogen (secondary N) is 1. The van der Waals surface area contributed by atoms with E-state index in [0.717, 1.165) is 25.7 Å². The summed E-state index contributed by atoms with van der Waals surface area (Å²) in [5, 5.41) is 8.83. The number of nitrogens with zero attached hydrogens (tertiary/aromatic N) is 1. The fourth-order valence-corrected chi connectivity index (χ4v) is 2.35. The van der Waals surface area contributed by atoms with Crippen LogP contribution in [0.5, 0.6) is 0 Å². The third kappa shape index (κ3) is 7.70. The second-order valence-corrected chi connectivity index (χ2v) is 6.37. The molecule has 0 spiro atoms. The molecule has 0 aromatic rings. The van der Waals surface area contributed by atoms with Crippen molar-refractivity contribution in [1.29, 1.82) is 0 Å². The summed E-state index contributed by atoms with van der Waals surface area (Å²) in [4.78, 5) is 0. The molecule has 0 aliphatic carbocycles. The summed E-state index contributed by atoms with van der Waals surface area (Å²) >= 11 is 0. The molecule has 0 aliphatic rings. The summed E-state index contributed by atoms with van der Waals surface area (Å²) in [5.41, 5.74) is 0. The molecule has 0 bridgehead atoms. The quantitative estimate of drug-likeness (QED) is 0.579. The fourth-order valence-electron chi connectivity index (χ4n) is 1.35. The van der Waals surface area contributed by atoms with E-state index in [1.807, 2.05) is 13.8 Å². The van der Waals surface area contributed by atoms with Gasteiger partial charge in [-0.25, -0.2) is 4.72 Å². The van der Waals surface area contributed by atoms with Crippen LogP contribution in [0.3, 0.4) is 0 Å². The highest BCUT2D eigenvalue weighted by atomic mass is 32.2. The predicted octanol–water partition coefficient (Wildman–Crippen LogP) is 0.961. The summed E-state index contributed by atoms with van der Waals surface area (Å²) in [6.45, 7) is 5.12. The van der Waals surface area contributed by atoms with Crippen molar-refractivity contribution in [2.75, 3.05) is 26.7 Å². The molecule has 0 amide bonds. The minimum absolute atomic E-state index is 0.156. The van der Waals surface area contributed by atoms with Crippen molar-refractivity contribution in [3.05, 3.63) is 0 Å². The van der Waals surface area contributed by atoms with Gasteiger partial charge in [-0.15, -0.1) is 0 Å². The minimum Gasteiger partial charge on any atom is -0.396 e. The molecule has 0 rings (SSSR count). The lowest BCUT2D eigenvalue weighted by Gasteiger charge is -2.17. The molecule has 0 fully saturated rings. The molecule has 0 heterocycles. The molecule has 2 N–H and O–H groups in total. The van der Waals surface area contributed by atoms with E-state index in [2.05, 4.69) is 4.72 Å². The van der Waals surface area contributed by atoms with E-state index < -0.39 is 10.2 Å². The number of hydrogen-bond donors (Lipinski definition) is 2. The zero-order valence-electron chi connectivity index (χ0n) is 11.1. The van der Waals surface area contributed by atoms with Gasteiger partial charge in [0, 0.05) is 26.7 Å². The molecule has 0 saturated heterocycles. The fraction of sp³-hybridized carbons (Fsp3) is 1.00. The second-order valence-electron chi connectivity index (χ2n) is 4.50. The van der Waals surface area contributed by atoms with E-state index in [1.165, 1.54) is 4.31 Å². The highest BCUT2D eigenvalue weighted by Gasteiger charge is 2.15. The summed E-state index contributed by atoms with van der Waals surface area (Å²) in [6, 6.07) is 0. The molecule has 5 nitrogen and oxygen atoms in total. The molecule has 1 atom stereocenters. The van der Waals surface area contributed by atoms with Crippen LogP contribution in [0.4, 0.5) is 0 Å². The number of unbranched alkanes of at least 4 members (excludes halogenated alkanes) is 1. The van der Waals surface area contributed by atoms with Crippen LogP contribution in [0, 0.1) is 5.92 Å². The van der Waals surface area contributed by atoms with Gasteiger partial charge in [0.05, 0.1) is 0 Å². The summed E-state index contributed by atoms with van der Waals surface area (Å²) < 4.78 is 27.3. The minimum atomic E-state index is -3.32. The van der Waals surface area contributed by atoms with E-state index in [-0.39, 0.29) is 12.5 Å². The Balaban J connectivity index is 3.85. The van der Waals surface area contributed by atoms with Gasteiger partial charge in [-0.2, -0.15) is 12.7 Å². The van der Waals surface area contributed by atoms with E-state index in [4.69, 9.17) is 5.11 Å². The first-order chi connectivity index (χ1) is 7.94. The first kappa shape index (κ1) is 16.8. The third-order valence-corrected chi connectivity index (χ3v) is 4.28. The monoisotopic (exact) mass is 266 g/mol. The molecule has 0 aromatic carbocycles. The summed E-state index contributed by atoms with van der Waals surface area (Å²) in [6.07, 6.45) is 3.44. The normalized spacial score (nSPS) is 14.2. The number of rotatable bonds is 10. The van der Waals surface area contributed by atoms with Gasteiger partial charge in [-0.05, 0) is 25.2 Å². The van der Waals surface area contributed by atoms with Crippen molar-refractivity contribution in [3.8, 4) is 0 Å². The molecule has 17 heavy (non-hydrogen) atoms. The van der Waals surface area contributed by atoms with Crippen LogP contribution in [0.25, 0.3) is 0 Å². The summed E-state index contributed by atoms with van der Waals surface area (Å²) in [5.74, 6) is 0.234. The van der Waals surface area contributed by atoms with E-state index >= 15 is 0 Å². The van der Waals surface area contributed by atoms with Crippen LogP contribution in [-0.2, 0) is 10.2 Å². The van der Waals surface area contributed by atoms with Gasteiger partial charge in [0.1, 0.15) is 0 Å². The zero-order chi connectivity index (χ0) is 13.3. The predicted molar refractivity (Wildman–Crippen MR) is 69.9 cm³/mol. The van der Waals surface area contributed by atoms with Gasteiger partial charge >= 0.3 is 0 Å². The Morgan fingerprint density at radius 2 is 2.00 bits per heavy atom. The van der Waals surface area contributed by atoms with Gasteiger partial charge in [-0.1, -0.05) is 20.3 Å². The van der Waals surface area contributed by atoms with Crippen molar-refractivity contribution in [2.45, 2.75) is 39.5 Å².